The van der Waals surface area contributed by atoms with E-state index in [9.17, 15) is 19.5 Å². The summed E-state index contributed by atoms with van der Waals surface area (Å²) in [5.41, 5.74) is 2.18. The van der Waals surface area contributed by atoms with E-state index in [0.29, 0.717) is 37.9 Å². The first-order valence-corrected chi connectivity index (χ1v) is 33.3. The first-order valence-electron chi connectivity index (χ1n) is 33.3. The average molecular weight is 1210 g/mol. The Morgan fingerprint density at radius 2 is 1.05 bits per heavy atom. The van der Waals surface area contributed by atoms with Crippen LogP contribution in [0.3, 0.4) is 0 Å². The van der Waals surface area contributed by atoms with Crippen LogP contribution in [0.4, 0.5) is 0 Å². The van der Waals surface area contributed by atoms with Crippen molar-refractivity contribution in [1.82, 2.24) is 15.0 Å². The highest BCUT2D eigenvalue weighted by molar-refractivity contribution is 5.74. The smallest absolute Gasteiger partial charge is 0.309 e. The molecule has 4 rings (SSSR count). The van der Waals surface area contributed by atoms with Gasteiger partial charge in [0.15, 0.2) is 6.11 Å². The third-order valence-electron chi connectivity index (χ3n) is 18.0. The molecule has 0 amide bonds. The van der Waals surface area contributed by atoms with E-state index in [-0.39, 0.29) is 69.7 Å². The molecule has 0 spiro atoms. The number of phenolic OH excluding ortho intramolecular Hbond substituents is 1. The van der Waals surface area contributed by atoms with Crippen molar-refractivity contribution in [3.05, 3.63) is 35.4 Å². The summed E-state index contributed by atoms with van der Waals surface area (Å²) in [6.45, 7) is 43.6. The number of benzene rings is 1. The molecule has 1 unspecified atom stereocenters. The molecule has 1 aromatic carbocycles. The van der Waals surface area contributed by atoms with Crippen molar-refractivity contribution in [2.75, 3.05) is 13.7 Å². The number of hydrogen-bond acceptors (Lipinski definition) is 12. The maximum Gasteiger partial charge on any atom is 0.309 e. The Balaban J connectivity index is 0.000000491. The summed E-state index contributed by atoms with van der Waals surface area (Å²) < 4.78 is 18.1. The zero-order valence-corrected chi connectivity index (χ0v) is 58.2. The molecule has 0 aromatic heterocycles. The Morgan fingerprint density at radius 3 is 1.53 bits per heavy atom. The fourth-order valence-electron chi connectivity index (χ4n) is 13.6. The molecule has 3 saturated heterocycles. The van der Waals surface area contributed by atoms with Crippen molar-refractivity contribution in [3.63, 3.8) is 0 Å². The number of terminal acetylenes is 1. The van der Waals surface area contributed by atoms with Gasteiger partial charge in [-0.25, -0.2) is 0 Å². The number of hydrogen-bond donors (Lipinski definition) is 1. The fourth-order valence-corrected chi connectivity index (χ4v) is 13.6. The molecule has 12 nitrogen and oxygen atoms in total. The number of carbonyl (C=O) groups excluding carboxylic acids is 3. The van der Waals surface area contributed by atoms with E-state index in [1.807, 2.05) is 11.1 Å². The number of ether oxygens (including phenoxy) is 3. The van der Waals surface area contributed by atoms with E-state index < -0.39 is 11.1 Å². The maximum absolute atomic E-state index is 13.5. The van der Waals surface area contributed by atoms with Crippen molar-refractivity contribution in [3.8, 4) is 53.8 Å². The third kappa shape index (κ3) is 25.1. The van der Waals surface area contributed by atoms with E-state index >= 15 is 0 Å². The molecule has 12 heteroatoms. The molecule has 0 bridgehead atoms. The van der Waals surface area contributed by atoms with Crippen LogP contribution in [-0.4, -0.2) is 103 Å². The van der Waals surface area contributed by atoms with Gasteiger partial charge in [0, 0.05) is 102 Å². The van der Waals surface area contributed by atoms with Crippen molar-refractivity contribution >= 4 is 23.5 Å². The van der Waals surface area contributed by atoms with E-state index in [0.717, 1.165) is 125 Å². The van der Waals surface area contributed by atoms with Gasteiger partial charge in [0.05, 0.1) is 23.6 Å². The van der Waals surface area contributed by atoms with Crippen LogP contribution >= 0.6 is 0 Å². The third-order valence-corrected chi connectivity index (χ3v) is 18.0. The summed E-state index contributed by atoms with van der Waals surface area (Å²) in [4.78, 5) is 53.6. The second-order valence-electron chi connectivity index (χ2n) is 30.0. The average Bonchev–Trinajstić information content (AvgIpc) is 0.964. The minimum atomic E-state index is -0.406. The second-order valence-corrected chi connectivity index (χ2v) is 30.0. The van der Waals surface area contributed by atoms with E-state index in [1.165, 1.54) is 32.1 Å². The van der Waals surface area contributed by atoms with Gasteiger partial charge in [0.25, 0.3) is 0 Å². The lowest BCUT2D eigenvalue weighted by molar-refractivity contribution is -0.293. The van der Waals surface area contributed by atoms with Crippen LogP contribution in [0, 0.1) is 54.0 Å². The molecule has 0 aliphatic carbocycles. The number of allylic oxidation sites excluding steroid dienone is 1. The molecule has 3 aliphatic heterocycles. The summed E-state index contributed by atoms with van der Waals surface area (Å²) in [6.07, 6.45) is 29.9. The number of hydroxylamine groups is 4. The molecule has 1 atom stereocenters. The molecular formula is C75H119N3O9. The predicted molar refractivity (Wildman–Crippen MR) is 356 cm³/mol. The largest absolute Gasteiger partial charge is 0.507 e. The highest BCUT2D eigenvalue weighted by Crippen LogP contribution is 2.43. The lowest BCUT2D eigenvalue weighted by atomic mass is 9.78. The van der Waals surface area contributed by atoms with E-state index in [2.05, 4.69) is 196 Å². The molecule has 3 aliphatic rings. The van der Waals surface area contributed by atoms with Crippen LogP contribution in [0.15, 0.2) is 18.7 Å². The van der Waals surface area contributed by atoms with Crippen molar-refractivity contribution in [2.24, 2.45) is 5.92 Å². The van der Waals surface area contributed by atoms with Gasteiger partial charge in [0.1, 0.15) is 24.1 Å². The normalized spacial score (nSPS) is 19.4. The number of unbranched alkanes of at least 4 members (excludes halogenated alkanes) is 11. The van der Waals surface area contributed by atoms with E-state index in [4.69, 9.17) is 30.3 Å². The van der Waals surface area contributed by atoms with Gasteiger partial charge in [-0.05, 0) is 169 Å². The van der Waals surface area contributed by atoms with Crippen LogP contribution in [0.5, 0.6) is 5.75 Å². The standard InChI is InChI=1S/C44H68N2O6.C31H51NO3/c1-11-13-15-17-23-27-31-49-45-41(3,4)33-37(34-42(45,5)6)51-39(47)29-25-21-19-20-22-26-30-40(48)52-38-35-43(7,8)46(44(9,10)36-38)50-32-28-24-18-16-14-12-2;1-12-14-15-23(28(34)35-24-19-30(7,8)32(11)31(9,10)20-24)16-22-17-25(21(3)13-2)27(33)26(18-22)29(4,5)6/h1,37-38H,12,14,16,18-22,24-26,28-30,32-36H2,2-10H3;17-18,23-24,33H,3,12-16,19-20H2,1-2,4-11H3. The molecule has 3 heterocycles. The molecule has 3 fully saturated rings. The van der Waals surface area contributed by atoms with Crippen LogP contribution in [0.1, 0.15) is 295 Å². The van der Waals surface area contributed by atoms with Gasteiger partial charge in [-0.1, -0.05) is 125 Å². The van der Waals surface area contributed by atoms with Crippen LogP contribution < -0.4 is 0 Å². The monoisotopic (exact) mass is 1210 g/mol. The van der Waals surface area contributed by atoms with E-state index in [1.54, 1.807) is 0 Å². The number of aromatic hydroxyl groups is 1. The summed E-state index contributed by atoms with van der Waals surface area (Å²) in [7, 11) is 2.17. The highest BCUT2D eigenvalue weighted by atomic mass is 16.7. The minimum absolute atomic E-state index is 0.0282. The zero-order chi connectivity index (χ0) is 65.4. The van der Waals surface area contributed by atoms with Gasteiger partial charge in [-0.15, -0.1) is 11.5 Å². The van der Waals surface area contributed by atoms with Crippen molar-refractivity contribution in [1.29, 1.82) is 0 Å². The first kappa shape index (κ1) is 76.3. The van der Waals surface area contributed by atoms with Crippen molar-refractivity contribution < 1.29 is 43.4 Å². The molecule has 87 heavy (non-hydrogen) atoms. The summed E-state index contributed by atoms with van der Waals surface area (Å²) in [6, 6.07) is 4.11. The SMILES string of the molecule is C#CC#CC#CC#CON1C(C)(C)CC(OC(=O)CCCCCCCCC(=O)OC2CC(C)(C)N(OCCCCCCCC)C(C)(C)C2)CC1(C)C.C=C(CC)c1cc(CC(CCCC)C(=O)OC2CC(C)(C)N(C)C(C)(C)C2)cc(C(C)(C)C)c1O. The topological polar surface area (TPSA) is 127 Å². The summed E-state index contributed by atoms with van der Waals surface area (Å²) >= 11 is 0. The molecule has 0 saturated carbocycles. The number of piperidine rings is 3. The Kier molecular flexibility index (Phi) is 30.6. The molecule has 0 radical (unpaired) electrons. The van der Waals surface area contributed by atoms with Crippen molar-refractivity contribution in [2.45, 2.75) is 342 Å². The number of likely N-dealkylation sites (tertiary alicyclic amines) is 1. The molecule has 1 aromatic rings. The number of phenols is 1. The number of nitrogens with zero attached hydrogens (tertiary/aromatic N) is 3. The summed E-state index contributed by atoms with van der Waals surface area (Å²) in [5.74, 6) is 14.7. The van der Waals surface area contributed by atoms with Gasteiger partial charge < -0.3 is 24.2 Å². The van der Waals surface area contributed by atoms with Gasteiger partial charge in [-0.2, -0.15) is 5.06 Å². The molecule has 488 valence electrons. The predicted octanol–water partition coefficient (Wildman–Crippen LogP) is 16.7. The second kappa shape index (κ2) is 34.9. The first-order chi connectivity index (χ1) is 40.6. The van der Waals surface area contributed by atoms with Crippen LogP contribution in [0.25, 0.3) is 5.57 Å². The lowest BCUT2D eigenvalue weighted by Gasteiger charge is -2.53. The molecule has 1 N–H and O–H groups in total. The lowest BCUT2D eigenvalue weighted by Crippen LogP contribution is -2.62. The molecular weight excluding hydrogens is 1090 g/mol. The Labute approximate surface area is 530 Å². The highest BCUT2D eigenvalue weighted by Gasteiger charge is 2.50. The maximum atomic E-state index is 13.5. The fraction of sp³-hybridized carbons (Fsp3) is 0.747. The number of rotatable bonds is 29. The number of carbonyl (C=O) groups is 3. The zero-order valence-electron chi connectivity index (χ0n) is 58.2. The van der Waals surface area contributed by atoms with Crippen LogP contribution in [0.2, 0.25) is 0 Å². The van der Waals surface area contributed by atoms with Gasteiger partial charge in [-0.3, -0.25) is 24.1 Å². The Morgan fingerprint density at radius 1 is 0.609 bits per heavy atom. The van der Waals surface area contributed by atoms with Crippen LogP contribution in [-0.2, 0) is 50.1 Å². The Hall–Kier alpha value is -4.95. The summed E-state index contributed by atoms with van der Waals surface area (Å²) in [5, 5.41) is 15.0. The van der Waals surface area contributed by atoms with Gasteiger partial charge >= 0.3 is 17.9 Å². The quantitative estimate of drug-likeness (QED) is 0.0355. The number of esters is 3. The minimum Gasteiger partial charge on any atom is -0.507 e. The Bertz CT molecular complexity index is 2560. The van der Waals surface area contributed by atoms with Gasteiger partial charge in [0.2, 0.25) is 0 Å².